The number of rotatable bonds is 8. The highest BCUT2D eigenvalue weighted by atomic mass is 16.7. The van der Waals surface area contributed by atoms with Gasteiger partial charge >= 0.3 is 6.03 Å². The van der Waals surface area contributed by atoms with Gasteiger partial charge in [-0.15, -0.1) is 0 Å². The number of piperazine rings is 1. The van der Waals surface area contributed by atoms with Crippen molar-refractivity contribution in [1.82, 2.24) is 19.8 Å². The number of aryl methyl sites for hydroxylation is 1. The number of nitriles is 1. The van der Waals surface area contributed by atoms with Gasteiger partial charge in [0.2, 0.25) is 12.2 Å². The fourth-order valence-corrected chi connectivity index (χ4v) is 7.51. The van der Waals surface area contributed by atoms with E-state index in [0.717, 1.165) is 81.0 Å². The molecule has 45 heavy (non-hydrogen) atoms. The lowest BCUT2D eigenvalue weighted by Crippen LogP contribution is -2.48. The lowest BCUT2D eigenvalue weighted by molar-refractivity contribution is -0.136. The molecule has 2 N–H and O–H groups in total. The number of hydrogen-bond donors (Lipinski definition) is 2. The number of carbonyl (C=O) groups excluding carboxylic acids is 2. The number of ether oxygens (including phenoxy) is 2. The van der Waals surface area contributed by atoms with Crippen LogP contribution in [0.15, 0.2) is 18.3 Å². The van der Waals surface area contributed by atoms with Gasteiger partial charge in [0.25, 0.3) is 0 Å². The van der Waals surface area contributed by atoms with Gasteiger partial charge in [-0.25, -0.2) is 14.8 Å². The molecule has 0 radical (unpaired) electrons. The first kappa shape index (κ1) is 31.4. The molecule has 2 bridgehead atoms. The number of nitrogens with zero attached hydrogens (tertiary/aromatic N) is 6. The van der Waals surface area contributed by atoms with Crippen LogP contribution in [0.25, 0.3) is 0 Å². The highest BCUT2D eigenvalue weighted by Gasteiger charge is 2.47. The molecule has 2 aromatic rings. The number of aliphatic hydroxyl groups is 1. The minimum atomic E-state index is -0.766. The van der Waals surface area contributed by atoms with Gasteiger partial charge < -0.3 is 19.5 Å². The Labute approximate surface area is 264 Å². The number of anilines is 2. The standard InChI is InChI=1S/C33H43N7O5/c1-38-13-14-39(27(41)21-38)20-24-15-22-5-4-12-40(29(22)37-28(24)30(44-2)45-3)31(42)36-26-16-23(25(18-34)19-35-26)17-32-6-9-33(43,10-7-32)11-8-32/h15-16,19,30,43H,4-14,17,20-21H2,1-3H3,(H,35,36,42). The molecule has 3 saturated carbocycles. The van der Waals surface area contributed by atoms with Crippen LogP contribution in [0.4, 0.5) is 16.4 Å². The average Bonchev–Trinajstić information content (AvgIpc) is 3.03. The Morgan fingerprint density at radius 3 is 2.51 bits per heavy atom. The van der Waals surface area contributed by atoms with Crippen molar-refractivity contribution >= 4 is 23.6 Å². The third-order valence-corrected chi connectivity index (χ3v) is 10.3. The minimum Gasteiger partial charge on any atom is -0.390 e. The Bertz CT molecular complexity index is 1480. The van der Waals surface area contributed by atoms with E-state index in [1.807, 2.05) is 29.0 Å². The summed E-state index contributed by atoms with van der Waals surface area (Å²) in [7, 11) is 5.02. The van der Waals surface area contributed by atoms with Crippen molar-refractivity contribution < 1.29 is 24.2 Å². The lowest BCUT2D eigenvalue weighted by Gasteiger charge is -2.51. The summed E-state index contributed by atoms with van der Waals surface area (Å²) in [5, 5.41) is 23.5. The quantitative estimate of drug-likeness (QED) is 0.425. The van der Waals surface area contributed by atoms with Crippen LogP contribution >= 0.6 is 0 Å². The molecule has 0 unspecified atom stereocenters. The summed E-state index contributed by atoms with van der Waals surface area (Å²) in [6.07, 6.45) is 8.21. The number of methoxy groups -OCH3 is 2. The summed E-state index contributed by atoms with van der Waals surface area (Å²) in [5.74, 6) is 0.978. The monoisotopic (exact) mass is 617 g/mol. The molecule has 0 spiro atoms. The van der Waals surface area contributed by atoms with Crippen molar-refractivity contribution in [3.8, 4) is 6.07 Å². The second-order valence-electron chi connectivity index (χ2n) is 13.3. The highest BCUT2D eigenvalue weighted by Crippen LogP contribution is 2.54. The van der Waals surface area contributed by atoms with E-state index in [0.29, 0.717) is 49.1 Å². The van der Waals surface area contributed by atoms with E-state index >= 15 is 0 Å². The van der Waals surface area contributed by atoms with Gasteiger partial charge in [-0.3, -0.25) is 19.9 Å². The van der Waals surface area contributed by atoms with E-state index in [2.05, 4.69) is 16.4 Å². The molecular weight excluding hydrogens is 574 g/mol. The first-order valence-electron chi connectivity index (χ1n) is 15.9. The second kappa shape index (κ2) is 12.6. The molecule has 4 heterocycles. The van der Waals surface area contributed by atoms with Crippen molar-refractivity contribution in [3.05, 3.63) is 46.3 Å². The Morgan fingerprint density at radius 2 is 1.84 bits per heavy atom. The van der Waals surface area contributed by atoms with Gasteiger partial charge in [0.15, 0.2) is 0 Å². The molecule has 12 heteroatoms. The molecule has 2 aromatic heterocycles. The maximum absolute atomic E-state index is 13.8. The van der Waals surface area contributed by atoms with E-state index in [4.69, 9.17) is 14.5 Å². The Hall–Kier alpha value is -3.63. The summed E-state index contributed by atoms with van der Waals surface area (Å²) in [6.45, 7) is 2.64. The smallest absolute Gasteiger partial charge is 0.328 e. The summed E-state index contributed by atoms with van der Waals surface area (Å²) < 4.78 is 11.2. The van der Waals surface area contributed by atoms with E-state index in [-0.39, 0.29) is 17.4 Å². The number of amides is 3. The number of fused-ring (bicyclic) bond motifs is 4. The molecule has 12 nitrogen and oxygen atoms in total. The van der Waals surface area contributed by atoms with Crippen LogP contribution in [0, 0.1) is 16.7 Å². The molecule has 3 amide bonds. The van der Waals surface area contributed by atoms with E-state index in [9.17, 15) is 20.0 Å². The zero-order chi connectivity index (χ0) is 31.8. The number of nitrogens with one attached hydrogen (secondary N) is 1. The van der Waals surface area contributed by atoms with Gasteiger partial charge in [0.05, 0.1) is 17.7 Å². The summed E-state index contributed by atoms with van der Waals surface area (Å²) in [4.78, 5) is 41.3. The molecule has 1 saturated heterocycles. The van der Waals surface area contributed by atoms with Crippen LogP contribution < -0.4 is 10.2 Å². The van der Waals surface area contributed by atoms with Crippen LogP contribution in [0.5, 0.6) is 0 Å². The number of urea groups is 1. The zero-order valence-corrected chi connectivity index (χ0v) is 26.5. The molecule has 7 rings (SSSR count). The Morgan fingerprint density at radius 1 is 1.11 bits per heavy atom. The number of carbonyl (C=O) groups is 2. The Balaban J connectivity index is 1.24. The van der Waals surface area contributed by atoms with Gasteiger partial charge in [0.1, 0.15) is 23.4 Å². The van der Waals surface area contributed by atoms with Crippen molar-refractivity contribution in [1.29, 1.82) is 5.26 Å². The van der Waals surface area contributed by atoms with Crippen molar-refractivity contribution in [2.45, 2.75) is 76.2 Å². The summed E-state index contributed by atoms with van der Waals surface area (Å²) in [6, 6.07) is 5.77. The zero-order valence-electron chi connectivity index (χ0n) is 26.5. The van der Waals surface area contributed by atoms with E-state index in [1.54, 1.807) is 19.1 Å². The molecule has 5 aliphatic rings. The third kappa shape index (κ3) is 6.40. The maximum atomic E-state index is 13.8. The van der Waals surface area contributed by atoms with Crippen LogP contribution in [0.3, 0.4) is 0 Å². The number of hydrogen-bond acceptors (Lipinski definition) is 9. The van der Waals surface area contributed by atoms with Gasteiger partial charge in [0, 0.05) is 46.6 Å². The lowest BCUT2D eigenvalue weighted by atomic mass is 9.57. The van der Waals surface area contributed by atoms with Gasteiger partial charge in [-0.1, -0.05) is 0 Å². The molecule has 3 aliphatic carbocycles. The third-order valence-electron chi connectivity index (χ3n) is 10.3. The molecule has 4 fully saturated rings. The molecular formula is C33H43N7O5. The SMILES string of the molecule is COC(OC)c1nc2c(cc1CN1CCN(C)CC1=O)CCCN2C(=O)Nc1cc(CC23CCC(O)(CC2)CC3)c(C#N)cn1. The van der Waals surface area contributed by atoms with Crippen LogP contribution in [0.2, 0.25) is 0 Å². The predicted octanol–water partition coefficient (Wildman–Crippen LogP) is 3.53. The fourth-order valence-electron chi connectivity index (χ4n) is 7.51. The first-order chi connectivity index (χ1) is 21.6. The van der Waals surface area contributed by atoms with Gasteiger partial charge in [-0.2, -0.15) is 5.26 Å². The largest absolute Gasteiger partial charge is 0.390 e. The number of pyridine rings is 2. The maximum Gasteiger partial charge on any atom is 0.328 e. The minimum absolute atomic E-state index is 0.0576. The Kier molecular flexibility index (Phi) is 8.81. The number of aromatic nitrogens is 2. The van der Waals surface area contributed by atoms with Crippen molar-refractivity contribution in [2.24, 2.45) is 5.41 Å². The first-order valence-corrected chi connectivity index (χ1v) is 15.9. The van der Waals surface area contributed by atoms with Gasteiger partial charge in [-0.05, 0) is 99.1 Å². The van der Waals surface area contributed by atoms with Crippen molar-refractivity contribution in [3.63, 3.8) is 0 Å². The van der Waals surface area contributed by atoms with E-state index in [1.165, 1.54) is 6.20 Å². The van der Waals surface area contributed by atoms with E-state index < -0.39 is 11.9 Å². The number of likely N-dealkylation sites (N-methyl/N-ethyl adjacent to an activating group) is 1. The highest BCUT2D eigenvalue weighted by molar-refractivity contribution is 6.01. The predicted molar refractivity (Wildman–Crippen MR) is 166 cm³/mol. The normalized spacial score (nSPS) is 24.9. The molecule has 0 atom stereocenters. The van der Waals surface area contributed by atoms with Crippen molar-refractivity contribution in [2.75, 3.05) is 57.7 Å². The fraction of sp³-hybridized carbons (Fsp3) is 0.606. The van der Waals surface area contributed by atoms with Crippen LogP contribution in [-0.2, 0) is 33.7 Å². The second-order valence-corrected chi connectivity index (χ2v) is 13.3. The summed E-state index contributed by atoms with van der Waals surface area (Å²) >= 11 is 0. The summed E-state index contributed by atoms with van der Waals surface area (Å²) in [5.41, 5.74) is 3.23. The van der Waals surface area contributed by atoms with Crippen LogP contribution in [0.1, 0.15) is 79.2 Å². The van der Waals surface area contributed by atoms with Crippen LogP contribution in [-0.4, -0.2) is 89.9 Å². The topological polar surface area (TPSA) is 144 Å². The molecule has 240 valence electrons. The average molecular weight is 618 g/mol. The molecule has 0 aromatic carbocycles. The molecule has 2 aliphatic heterocycles.